The molecule has 0 unspecified atom stereocenters. The first-order valence-corrected chi connectivity index (χ1v) is 6.03. The summed E-state index contributed by atoms with van der Waals surface area (Å²) in [6, 6.07) is 7.66. The minimum absolute atomic E-state index is 0.0515. The molecule has 0 heterocycles. The number of carbonyl (C=O) groups is 2. The molecule has 0 bridgehead atoms. The molecule has 0 radical (unpaired) electrons. The van der Waals surface area contributed by atoms with E-state index in [0.29, 0.717) is 12.8 Å². The predicted molar refractivity (Wildman–Crippen MR) is 69.4 cm³/mol. The molecular weight excluding hydrogens is 228 g/mol. The van der Waals surface area contributed by atoms with Crippen molar-refractivity contribution in [2.24, 2.45) is 5.92 Å². The third-order valence-electron chi connectivity index (χ3n) is 3.05. The van der Waals surface area contributed by atoms with Gasteiger partial charge in [-0.15, -0.1) is 0 Å². The van der Waals surface area contributed by atoms with Crippen LogP contribution in [0, 0.1) is 5.92 Å². The lowest BCUT2D eigenvalue weighted by Crippen LogP contribution is -2.21. The van der Waals surface area contributed by atoms with Crippen molar-refractivity contribution in [3.63, 3.8) is 0 Å². The Labute approximate surface area is 106 Å². The molecule has 1 aromatic rings. The van der Waals surface area contributed by atoms with Crippen molar-refractivity contribution in [3.8, 4) is 5.75 Å². The summed E-state index contributed by atoms with van der Waals surface area (Å²) in [6.45, 7) is 0. The molecule has 1 aliphatic rings. The van der Waals surface area contributed by atoms with Gasteiger partial charge >= 0.3 is 0 Å². The Bertz CT molecular complexity index is 455. The Morgan fingerprint density at radius 1 is 1.11 bits per heavy atom. The Hall–Kier alpha value is -1.90. The van der Waals surface area contributed by atoms with E-state index in [9.17, 15) is 9.59 Å². The molecule has 3 nitrogen and oxygen atoms in total. The lowest BCUT2D eigenvalue weighted by Gasteiger charge is -2.16. The number of benzene rings is 1. The van der Waals surface area contributed by atoms with Gasteiger partial charge in [-0.3, -0.25) is 9.59 Å². The fourth-order valence-corrected chi connectivity index (χ4v) is 2.12. The number of ketones is 2. The lowest BCUT2D eigenvalue weighted by molar-refractivity contribution is -0.130. The van der Waals surface area contributed by atoms with Gasteiger partial charge in [0.2, 0.25) is 0 Å². The Balaban J connectivity index is 2.01. The van der Waals surface area contributed by atoms with E-state index in [0.717, 1.165) is 11.3 Å². The second-order valence-electron chi connectivity index (χ2n) is 4.55. The highest BCUT2D eigenvalue weighted by molar-refractivity contribution is 6.01. The summed E-state index contributed by atoms with van der Waals surface area (Å²) < 4.78 is 5.08. The smallest absolute Gasteiger partial charge is 0.140 e. The summed E-state index contributed by atoms with van der Waals surface area (Å²) in [4.78, 5) is 22.6. The van der Waals surface area contributed by atoms with E-state index in [2.05, 4.69) is 0 Å². The molecule has 0 atom stereocenters. The topological polar surface area (TPSA) is 43.4 Å². The van der Waals surface area contributed by atoms with Crippen LogP contribution >= 0.6 is 0 Å². The molecule has 0 aliphatic heterocycles. The third-order valence-corrected chi connectivity index (χ3v) is 3.05. The van der Waals surface area contributed by atoms with Crippen LogP contribution in [0.3, 0.4) is 0 Å². The molecular formula is C15H16O3. The fourth-order valence-electron chi connectivity index (χ4n) is 2.12. The number of ether oxygens (including phenoxy) is 1. The molecule has 1 aromatic carbocycles. The number of hydrogen-bond acceptors (Lipinski definition) is 3. The van der Waals surface area contributed by atoms with Crippen LogP contribution in [0.15, 0.2) is 30.3 Å². The molecule has 0 amide bonds. The molecule has 3 heteroatoms. The van der Waals surface area contributed by atoms with Crippen molar-refractivity contribution in [1.29, 1.82) is 0 Å². The fraction of sp³-hybridized carbons (Fsp3) is 0.333. The van der Waals surface area contributed by atoms with Crippen LogP contribution in [0.4, 0.5) is 0 Å². The first kappa shape index (κ1) is 12.6. The third kappa shape index (κ3) is 3.29. The van der Waals surface area contributed by atoms with E-state index in [1.165, 1.54) is 0 Å². The molecule has 1 aliphatic carbocycles. The molecule has 1 fully saturated rings. The van der Waals surface area contributed by atoms with Crippen molar-refractivity contribution >= 4 is 17.6 Å². The Morgan fingerprint density at radius 2 is 1.72 bits per heavy atom. The van der Waals surface area contributed by atoms with Crippen molar-refractivity contribution in [3.05, 3.63) is 35.9 Å². The summed E-state index contributed by atoms with van der Waals surface area (Å²) in [5, 5.41) is 0. The van der Waals surface area contributed by atoms with Gasteiger partial charge in [0.25, 0.3) is 0 Å². The highest BCUT2D eigenvalue weighted by Gasteiger charge is 2.23. The van der Waals surface area contributed by atoms with Crippen molar-refractivity contribution < 1.29 is 14.3 Å². The Kier molecular flexibility index (Phi) is 3.92. The van der Waals surface area contributed by atoms with Gasteiger partial charge in [-0.05, 0) is 23.6 Å². The van der Waals surface area contributed by atoms with Crippen LogP contribution in [0.1, 0.15) is 24.8 Å². The molecule has 0 aromatic heterocycles. The maximum atomic E-state index is 11.3. The van der Waals surface area contributed by atoms with Crippen LogP contribution in [-0.4, -0.2) is 18.7 Å². The summed E-state index contributed by atoms with van der Waals surface area (Å²) in [5.41, 5.74) is 1.04. The van der Waals surface area contributed by atoms with E-state index in [-0.39, 0.29) is 23.9 Å². The van der Waals surface area contributed by atoms with Crippen LogP contribution in [0.5, 0.6) is 5.75 Å². The minimum Gasteiger partial charge on any atom is -0.497 e. The molecule has 94 valence electrons. The number of methoxy groups -OCH3 is 1. The van der Waals surface area contributed by atoms with Crippen molar-refractivity contribution in [2.45, 2.75) is 19.3 Å². The van der Waals surface area contributed by atoms with Crippen molar-refractivity contribution in [2.75, 3.05) is 7.11 Å². The van der Waals surface area contributed by atoms with Gasteiger partial charge in [-0.1, -0.05) is 24.3 Å². The largest absolute Gasteiger partial charge is 0.497 e. The van der Waals surface area contributed by atoms with Crippen LogP contribution in [0.25, 0.3) is 6.08 Å². The van der Waals surface area contributed by atoms with Gasteiger partial charge in [-0.25, -0.2) is 0 Å². The first-order valence-electron chi connectivity index (χ1n) is 6.03. The van der Waals surface area contributed by atoms with E-state index in [4.69, 9.17) is 4.74 Å². The maximum absolute atomic E-state index is 11.3. The van der Waals surface area contributed by atoms with Gasteiger partial charge in [-0.2, -0.15) is 0 Å². The average Bonchev–Trinajstić information content (AvgIpc) is 2.36. The number of hydrogen-bond donors (Lipinski definition) is 0. The maximum Gasteiger partial charge on any atom is 0.140 e. The number of carbonyl (C=O) groups excluding carboxylic acids is 2. The highest BCUT2D eigenvalue weighted by atomic mass is 16.5. The zero-order chi connectivity index (χ0) is 13.0. The van der Waals surface area contributed by atoms with E-state index in [1.807, 2.05) is 36.4 Å². The standard InChI is InChI=1S/C15H16O3/c1-18-15-6-4-11(5-7-15)2-3-12-8-13(16)10-14(17)9-12/h2-7,12H,8-10H2,1H3/b3-2+. The second kappa shape index (κ2) is 5.63. The number of Topliss-reactive ketones (excluding diaryl/α,β-unsaturated/α-hetero) is 2. The average molecular weight is 244 g/mol. The molecule has 2 rings (SSSR count). The van der Waals surface area contributed by atoms with Gasteiger partial charge in [0.15, 0.2) is 0 Å². The summed E-state index contributed by atoms with van der Waals surface area (Å²) in [5.74, 6) is 0.974. The zero-order valence-corrected chi connectivity index (χ0v) is 10.4. The summed E-state index contributed by atoms with van der Waals surface area (Å²) in [7, 11) is 1.63. The van der Waals surface area contributed by atoms with Crippen LogP contribution in [0.2, 0.25) is 0 Å². The Morgan fingerprint density at radius 3 is 2.28 bits per heavy atom. The quantitative estimate of drug-likeness (QED) is 0.768. The monoisotopic (exact) mass is 244 g/mol. The van der Waals surface area contributed by atoms with E-state index in [1.54, 1.807) is 7.11 Å². The van der Waals surface area contributed by atoms with Gasteiger partial charge < -0.3 is 4.74 Å². The molecule has 18 heavy (non-hydrogen) atoms. The number of allylic oxidation sites excluding steroid dienone is 1. The second-order valence-corrected chi connectivity index (χ2v) is 4.55. The predicted octanol–water partition coefficient (Wildman–Crippen LogP) is 2.65. The van der Waals surface area contributed by atoms with Gasteiger partial charge in [0.05, 0.1) is 13.5 Å². The minimum atomic E-state index is 0.0515. The van der Waals surface area contributed by atoms with Crippen molar-refractivity contribution in [1.82, 2.24) is 0 Å². The van der Waals surface area contributed by atoms with Gasteiger partial charge in [0.1, 0.15) is 17.3 Å². The van der Waals surface area contributed by atoms with Crippen LogP contribution < -0.4 is 4.74 Å². The molecule has 0 spiro atoms. The van der Waals surface area contributed by atoms with Crippen LogP contribution in [-0.2, 0) is 9.59 Å². The molecule has 0 saturated heterocycles. The summed E-state index contributed by atoms with van der Waals surface area (Å²) >= 11 is 0. The summed E-state index contributed by atoms with van der Waals surface area (Å²) in [6.07, 6.45) is 5.00. The SMILES string of the molecule is COc1ccc(/C=C/C2CC(=O)CC(=O)C2)cc1. The normalized spacial score (nSPS) is 17.4. The highest BCUT2D eigenvalue weighted by Crippen LogP contribution is 2.21. The first-order chi connectivity index (χ1) is 8.67. The molecule has 1 saturated carbocycles. The van der Waals surface area contributed by atoms with E-state index < -0.39 is 0 Å². The van der Waals surface area contributed by atoms with Gasteiger partial charge in [0, 0.05) is 12.8 Å². The lowest BCUT2D eigenvalue weighted by atomic mass is 9.87. The number of rotatable bonds is 3. The zero-order valence-electron chi connectivity index (χ0n) is 10.4. The van der Waals surface area contributed by atoms with E-state index >= 15 is 0 Å². The molecule has 0 N–H and O–H groups in total.